The molecular weight excluding hydrogens is 377 g/mol. The van der Waals surface area contributed by atoms with E-state index < -0.39 is 0 Å². The molecule has 1 aliphatic rings. The fourth-order valence-electron chi connectivity index (χ4n) is 3.17. The Balaban J connectivity index is 1.95. The van der Waals surface area contributed by atoms with Crippen LogP contribution in [-0.4, -0.2) is 36.5 Å². The maximum absolute atomic E-state index is 12.3. The van der Waals surface area contributed by atoms with Gasteiger partial charge in [0.2, 0.25) is 5.91 Å². The summed E-state index contributed by atoms with van der Waals surface area (Å²) in [6, 6.07) is 8.31. The summed E-state index contributed by atoms with van der Waals surface area (Å²) in [7, 11) is 0. The van der Waals surface area contributed by atoms with Gasteiger partial charge in [-0.05, 0) is 66.6 Å². The molecule has 0 saturated heterocycles. The van der Waals surface area contributed by atoms with Crippen LogP contribution >= 0.6 is 22.6 Å². The van der Waals surface area contributed by atoms with Gasteiger partial charge in [0.25, 0.3) is 0 Å². The second-order valence-corrected chi connectivity index (χ2v) is 6.75. The molecule has 3 N–H and O–H groups in total. The molecule has 0 aromatic heterocycles. The van der Waals surface area contributed by atoms with Crippen molar-refractivity contribution in [2.24, 2.45) is 11.7 Å². The van der Waals surface area contributed by atoms with Crippen LogP contribution in [0.4, 0.5) is 5.69 Å². The number of amides is 1. The minimum absolute atomic E-state index is 0.0589. The van der Waals surface area contributed by atoms with Crippen LogP contribution in [0, 0.1) is 9.49 Å². The van der Waals surface area contributed by atoms with E-state index in [2.05, 4.69) is 39.7 Å². The maximum Gasteiger partial charge on any atom is 0.238 e. The molecule has 0 spiro atoms. The van der Waals surface area contributed by atoms with Gasteiger partial charge >= 0.3 is 0 Å². The molecule has 1 aromatic carbocycles. The lowest BCUT2D eigenvalue weighted by molar-refractivity contribution is -0.118. The molecule has 4 nitrogen and oxygen atoms in total. The first-order chi connectivity index (χ1) is 10.2. The molecule has 1 aliphatic carbocycles. The Morgan fingerprint density at radius 2 is 2.19 bits per heavy atom. The van der Waals surface area contributed by atoms with Gasteiger partial charge in [0.15, 0.2) is 0 Å². The molecular formula is C16H24IN3O. The first-order valence-electron chi connectivity index (χ1n) is 7.64. The largest absolute Gasteiger partial charge is 0.330 e. The van der Waals surface area contributed by atoms with E-state index in [4.69, 9.17) is 5.73 Å². The summed E-state index contributed by atoms with van der Waals surface area (Å²) >= 11 is 2.24. The number of nitrogens with two attached hydrogens (primary N) is 1. The van der Waals surface area contributed by atoms with Crippen molar-refractivity contribution in [1.82, 2.24) is 4.90 Å². The molecule has 0 aliphatic heterocycles. The molecule has 5 heteroatoms. The van der Waals surface area contributed by atoms with Crippen LogP contribution in [0.25, 0.3) is 0 Å². The molecule has 0 radical (unpaired) electrons. The number of para-hydroxylation sites is 1. The lowest BCUT2D eigenvalue weighted by atomic mass is 10.0. The molecule has 2 atom stereocenters. The Bertz CT molecular complexity index is 480. The van der Waals surface area contributed by atoms with Crippen molar-refractivity contribution in [3.63, 3.8) is 0 Å². The standard InChI is InChI=1S/C16H24IN3O/c1-2-20(15-9-5-6-12(15)10-18)11-16(21)19-14-8-4-3-7-13(14)17/h3-4,7-8,12,15H,2,5-6,9-11,18H2,1H3,(H,19,21). The van der Waals surface area contributed by atoms with Crippen LogP contribution in [0.2, 0.25) is 0 Å². The molecule has 116 valence electrons. The van der Waals surface area contributed by atoms with E-state index in [0.717, 1.165) is 28.8 Å². The number of nitrogens with zero attached hydrogens (tertiary/aromatic N) is 1. The minimum Gasteiger partial charge on any atom is -0.330 e. The van der Waals surface area contributed by atoms with Gasteiger partial charge < -0.3 is 11.1 Å². The van der Waals surface area contributed by atoms with Crippen LogP contribution in [0.3, 0.4) is 0 Å². The Morgan fingerprint density at radius 3 is 2.86 bits per heavy atom. The number of carbonyl (C=O) groups is 1. The highest BCUT2D eigenvalue weighted by atomic mass is 127. The summed E-state index contributed by atoms with van der Waals surface area (Å²) in [5.41, 5.74) is 6.75. The van der Waals surface area contributed by atoms with E-state index in [-0.39, 0.29) is 5.91 Å². The lowest BCUT2D eigenvalue weighted by Gasteiger charge is -2.31. The van der Waals surface area contributed by atoms with Crippen molar-refractivity contribution in [2.75, 3.05) is 25.0 Å². The average molecular weight is 401 g/mol. The fourth-order valence-corrected chi connectivity index (χ4v) is 3.70. The number of hydrogen-bond donors (Lipinski definition) is 2. The van der Waals surface area contributed by atoms with Crippen molar-refractivity contribution < 1.29 is 4.79 Å². The van der Waals surface area contributed by atoms with Crippen LogP contribution in [0.5, 0.6) is 0 Å². The van der Waals surface area contributed by atoms with E-state index in [1.807, 2.05) is 24.3 Å². The molecule has 1 amide bonds. The molecule has 1 saturated carbocycles. The highest BCUT2D eigenvalue weighted by Gasteiger charge is 2.31. The number of benzene rings is 1. The van der Waals surface area contributed by atoms with Gasteiger partial charge in [0.1, 0.15) is 0 Å². The van der Waals surface area contributed by atoms with Gasteiger partial charge in [-0.25, -0.2) is 0 Å². The summed E-state index contributed by atoms with van der Waals surface area (Å²) in [4.78, 5) is 14.6. The fraction of sp³-hybridized carbons (Fsp3) is 0.562. The zero-order valence-corrected chi connectivity index (χ0v) is 14.7. The Hall–Kier alpha value is -0.660. The molecule has 1 fully saturated rings. The normalized spacial score (nSPS) is 21.7. The van der Waals surface area contributed by atoms with Gasteiger partial charge in [0, 0.05) is 9.61 Å². The highest BCUT2D eigenvalue weighted by molar-refractivity contribution is 14.1. The first kappa shape index (κ1) is 16.7. The number of anilines is 1. The summed E-state index contributed by atoms with van der Waals surface area (Å²) in [5, 5.41) is 3.01. The van der Waals surface area contributed by atoms with Crippen molar-refractivity contribution in [3.05, 3.63) is 27.8 Å². The SMILES string of the molecule is CCN(CC(=O)Nc1ccccc1I)C1CCCC1CN. The Labute approximate surface area is 140 Å². The molecule has 21 heavy (non-hydrogen) atoms. The van der Waals surface area contributed by atoms with Gasteiger partial charge in [-0.2, -0.15) is 0 Å². The monoisotopic (exact) mass is 401 g/mol. The number of rotatable bonds is 6. The molecule has 2 rings (SSSR count). The van der Waals surface area contributed by atoms with Crippen LogP contribution in [0.1, 0.15) is 26.2 Å². The highest BCUT2D eigenvalue weighted by Crippen LogP contribution is 2.29. The topological polar surface area (TPSA) is 58.4 Å². The predicted octanol–water partition coefficient (Wildman–Crippen LogP) is 2.68. The number of halogens is 1. The van der Waals surface area contributed by atoms with E-state index in [9.17, 15) is 4.79 Å². The lowest BCUT2D eigenvalue weighted by Crippen LogP contribution is -2.44. The van der Waals surface area contributed by atoms with Crippen molar-refractivity contribution in [1.29, 1.82) is 0 Å². The number of hydrogen-bond acceptors (Lipinski definition) is 3. The van der Waals surface area contributed by atoms with Crippen LogP contribution < -0.4 is 11.1 Å². The number of likely N-dealkylation sites (N-methyl/N-ethyl adjacent to an activating group) is 1. The summed E-state index contributed by atoms with van der Waals surface area (Å²) in [5.74, 6) is 0.596. The number of carbonyl (C=O) groups excluding carboxylic acids is 1. The van der Waals surface area contributed by atoms with Crippen LogP contribution in [0.15, 0.2) is 24.3 Å². The molecule has 0 heterocycles. The summed E-state index contributed by atoms with van der Waals surface area (Å²) < 4.78 is 1.06. The van der Waals surface area contributed by atoms with E-state index in [1.165, 1.54) is 12.8 Å². The van der Waals surface area contributed by atoms with E-state index in [0.29, 0.717) is 18.5 Å². The summed E-state index contributed by atoms with van der Waals surface area (Å²) in [6.45, 7) is 4.17. The second kappa shape index (κ2) is 8.10. The van der Waals surface area contributed by atoms with Crippen molar-refractivity contribution in [2.45, 2.75) is 32.2 Å². The van der Waals surface area contributed by atoms with Crippen LogP contribution in [-0.2, 0) is 4.79 Å². The first-order valence-corrected chi connectivity index (χ1v) is 8.72. The maximum atomic E-state index is 12.3. The van der Waals surface area contributed by atoms with Crippen molar-refractivity contribution >= 4 is 34.2 Å². The third-order valence-electron chi connectivity index (χ3n) is 4.29. The van der Waals surface area contributed by atoms with Gasteiger partial charge in [-0.3, -0.25) is 9.69 Å². The van der Waals surface area contributed by atoms with Gasteiger partial charge in [-0.1, -0.05) is 25.5 Å². The Morgan fingerprint density at radius 1 is 1.43 bits per heavy atom. The van der Waals surface area contributed by atoms with Crippen molar-refractivity contribution in [3.8, 4) is 0 Å². The Kier molecular flexibility index (Phi) is 6.44. The second-order valence-electron chi connectivity index (χ2n) is 5.59. The minimum atomic E-state index is 0.0589. The quantitative estimate of drug-likeness (QED) is 0.721. The average Bonchev–Trinajstić information content (AvgIpc) is 2.95. The zero-order valence-electron chi connectivity index (χ0n) is 12.5. The van der Waals surface area contributed by atoms with E-state index >= 15 is 0 Å². The molecule has 0 bridgehead atoms. The van der Waals surface area contributed by atoms with Gasteiger partial charge in [-0.15, -0.1) is 0 Å². The molecule has 1 aromatic rings. The predicted molar refractivity (Wildman–Crippen MR) is 95.2 cm³/mol. The number of nitrogens with one attached hydrogen (secondary N) is 1. The van der Waals surface area contributed by atoms with E-state index in [1.54, 1.807) is 0 Å². The summed E-state index contributed by atoms with van der Waals surface area (Å²) in [6.07, 6.45) is 3.57. The smallest absolute Gasteiger partial charge is 0.238 e. The molecule has 2 unspecified atom stereocenters. The third-order valence-corrected chi connectivity index (χ3v) is 5.23. The zero-order chi connectivity index (χ0) is 15.2. The van der Waals surface area contributed by atoms with Gasteiger partial charge in [0.05, 0.1) is 12.2 Å². The third kappa shape index (κ3) is 4.40.